The van der Waals surface area contributed by atoms with E-state index in [1.54, 1.807) is 0 Å². The number of ketones is 2. The predicted molar refractivity (Wildman–Crippen MR) is 195 cm³/mol. The van der Waals surface area contributed by atoms with Crippen LogP contribution >= 0.6 is 0 Å². The second-order valence-corrected chi connectivity index (χ2v) is 17.5. The van der Waals surface area contributed by atoms with Crippen molar-refractivity contribution in [3.05, 3.63) is 45.6 Å². The number of fused-ring (bicyclic) bond motifs is 6. The van der Waals surface area contributed by atoms with Gasteiger partial charge in [0.05, 0.1) is 31.2 Å². The number of Topliss-reactive ketones (excluding diaryl/α,β-unsaturated/α-hetero) is 2. The molecule has 0 amide bonds. The molecule has 9 nitrogen and oxygen atoms in total. The number of methoxy groups -OCH3 is 1. The number of carboxylic acids is 1. The molecular weight excluding hydrogens is 660 g/mol. The minimum absolute atomic E-state index is 0.0478. The summed E-state index contributed by atoms with van der Waals surface area (Å²) in [5.41, 5.74) is 3.95. The lowest BCUT2D eigenvalue weighted by Crippen LogP contribution is -2.48. The molecule has 284 valence electrons. The van der Waals surface area contributed by atoms with Crippen molar-refractivity contribution in [2.75, 3.05) is 20.3 Å². The smallest absolute Gasteiger partial charge is 0.315 e. The highest BCUT2D eigenvalue weighted by atomic mass is 16.7. The van der Waals surface area contributed by atoms with Crippen molar-refractivity contribution in [3.63, 3.8) is 0 Å². The Balaban J connectivity index is 0.000000181. The Labute approximate surface area is 308 Å². The highest BCUT2D eigenvalue weighted by molar-refractivity contribution is 5.94. The fraction of sp³-hybridized carbons (Fsp3) is 0.698. The maximum atomic E-state index is 13.5. The van der Waals surface area contributed by atoms with Gasteiger partial charge in [-0.2, -0.15) is 0 Å². The highest BCUT2D eigenvalue weighted by Crippen LogP contribution is 2.64. The van der Waals surface area contributed by atoms with Crippen LogP contribution in [0.5, 0.6) is 0 Å². The van der Waals surface area contributed by atoms with Crippen LogP contribution in [0.25, 0.3) is 0 Å². The molecule has 0 radical (unpaired) electrons. The lowest BCUT2D eigenvalue weighted by Gasteiger charge is -2.48. The van der Waals surface area contributed by atoms with Gasteiger partial charge in [-0.3, -0.25) is 24.0 Å². The summed E-state index contributed by atoms with van der Waals surface area (Å²) in [6, 6.07) is 0. The van der Waals surface area contributed by atoms with Gasteiger partial charge in [-0.25, -0.2) is 0 Å². The molecule has 7 rings (SSSR count). The molecule has 0 aromatic carbocycles. The van der Waals surface area contributed by atoms with E-state index < -0.39 is 27.6 Å². The molecule has 7 aliphatic rings. The summed E-state index contributed by atoms with van der Waals surface area (Å²) in [4.78, 5) is 62.7. The molecule has 1 saturated heterocycles. The number of allylic oxidation sites excluding steroid dienone is 5. The summed E-state index contributed by atoms with van der Waals surface area (Å²) >= 11 is 0. The maximum Gasteiger partial charge on any atom is 0.315 e. The monoisotopic (exact) mass is 718 g/mol. The number of rotatable bonds is 6. The molecule has 9 heteroatoms. The summed E-state index contributed by atoms with van der Waals surface area (Å²) in [5.74, 6) is 0.0868. The van der Waals surface area contributed by atoms with Crippen molar-refractivity contribution in [2.45, 2.75) is 125 Å². The van der Waals surface area contributed by atoms with Gasteiger partial charge in [0.2, 0.25) is 0 Å². The average Bonchev–Trinajstić information content (AvgIpc) is 3.85. The first-order valence-electron chi connectivity index (χ1n) is 19.5. The van der Waals surface area contributed by atoms with Crippen LogP contribution in [-0.4, -0.2) is 61.5 Å². The first kappa shape index (κ1) is 38.6. The molecule has 0 bridgehead atoms. The van der Waals surface area contributed by atoms with Crippen LogP contribution in [0.3, 0.4) is 0 Å². The summed E-state index contributed by atoms with van der Waals surface area (Å²) in [6.45, 7) is 13.8. The zero-order valence-corrected chi connectivity index (χ0v) is 32.2. The molecule has 0 aromatic rings. The Hall–Kier alpha value is -3.17. The van der Waals surface area contributed by atoms with Crippen molar-refractivity contribution in [1.82, 2.24) is 0 Å². The molecule has 1 N–H and O–H groups in total. The van der Waals surface area contributed by atoms with Crippen molar-refractivity contribution in [1.29, 1.82) is 0 Å². The Bertz CT molecular complexity index is 1650. The molecule has 2 saturated carbocycles. The summed E-state index contributed by atoms with van der Waals surface area (Å²) in [6.07, 6.45) is 12.1. The van der Waals surface area contributed by atoms with Gasteiger partial charge >= 0.3 is 11.9 Å². The number of ether oxygens (including phenoxy) is 3. The lowest BCUT2D eigenvalue weighted by atomic mass is 9.54. The fourth-order valence-electron chi connectivity index (χ4n) is 11.2. The second-order valence-electron chi connectivity index (χ2n) is 17.5. The van der Waals surface area contributed by atoms with E-state index in [1.165, 1.54) is 23.8 Å². The maximum absolute atomic E-state index is 13.5. The van der Waals surface area contributed by atoms with Crippen LogP contribution in [0.2, 0.25) is 0 Å². The van der Waals surface area contributed by atoms with E-state index in [0.717, 1.165) is 49.5 Å². The van der Waals surface area contributed by atoms with Gasteiger partial charge in [-0.05, 0) is 110 Å². The third kappa shape index (κ3) is 6.02. The number of carbonyl (C=O) groups excluding carboxylic acids is 4. The number of hydrogen-bond acceptors (Lipinski definition) is 8. The third-order valence-corrected chi connectivity index (χ3v) is 14.4. The van der Waals surface area contributed by atoms with Crippen LogP contribution in [0.4, 0.5) is 0 Å². The molecule has 0 spiro atoms. The molecular formula is C43H58O9. The Morgan fingerprint density at radius 3 is 1.81 bits per heavy atom. The predicted octanol–water partition coefficient (Wildman–Crippen LogP) is 7.68. The van der Waals surface area contributed by atoms with Crippen LogP contribution in [0, 0.1) is 45.3 Å². The molecule has 0 aromatic heterocycles. The van der Waals surface area contributed by atoms with Gasteiger partial charge in [-0.15, -0.1) is 0 Å². The van der Waals surface area contributed by atoms with Crippen LogP contribution in [-0.2, 0) is 38.2 Å². The molecule has 6 atom stereocenters. The number of aliphatic carboxylic acids is 1. The summed E-state index contributed by atoms with van der Waals surface area (Å²) in [5, 5.41) is 10.0. The van der Waals surface area contributed by atoms with Gasteiger partial charge in [-0.1, -0.05) is 64.8 Å². The molecule has 1 heterocycles. The molecule has 1 aliphatic heterocycles. The SMILES string of the molecule is CC(C)C1=C2[C@H]3CC=C(C=O)CC(=O)[C@]3(C)CC[C@@]2(C(=O)O)CC1.COC(=O)[C@]12CCC(C(C)C)=C1[C@H]1CC=C(C3OCCO3)CC(=O)[C@]1(C)CC2. The van der Waals surface area contributed by atoms with E-state index in [9.17, 15) is 29.1 Å². The zero-order valence-electron chi connectivity index (χ0n) is 32.2. The van der Waals surface area contributed by atoms with Gasteiger partial charge < -0.3 is 19.3 Å². The Morgan fingerprint density at radius 1 is 0.788 bits per heavy atom. The van der Waals surface area contributed by atoms with Gasteiger partial charge in [0.15, 0.2) is 6.29 Å². The third-order valence-electron chi connectivity index (χ3n) is 14.4. The standard InChI is InChI=1S/C23H32O5.C20H26O4/c1-14(2)16-7-8-23(21(25)26-4)10-9-22(3)17(19(16)23)6-5-15(13-18(22)24)20-27-11-12-28-20;1-12(2)14-6-7-20(18(23)24)9-8-19(3)15(17(14)20)5-4-13(11-21)10-16(19)22/h5,14,17,20H,6-13H2,1-4H3;4,11-12,15H,5-10H2,1-3H3,(H,23,24)/t17-,22-,23+;15-,19-,20+/m11/s1. The van der Waals surface area contributed by atoms with E-state index in [2.05, 4.69) is 40.7 Å². The Kier molecular flexibility index (Phi) is 10.6. The zero-order chi connectivity index (χ0) is 37.8. The topological polar surface area (TPSA) is 133 Å². The van der Waals surface area contributed by atoms with Crippen molar-refractivity contribution in [2.24, 2.45) is 45.3 Å². The number of esters is 1. The molecule has 0 unspecified atom stereocenters. The number of carbonyl (C=O) groups is 5. The van der Waals surface area contributed by atoms with Crippen LogP contribution in [0.1, 0.15) is 119 Å². The number of hydrogen-bond donors (Lipinski definition) is 1. The first-order chi connectivity index (χ1) is 24.6. The van der Waals surface area contributed by atoms with E-state index in [0.29, 0.717) is 63.2 Å². The van der Waals surface area contributed by atoms with Gasteiger partial charge in [0, 0.05) is 23.7 Å². The summed E-state index contributed by atoms with van der Waals surface area (Å²) in [7, 11) is 1.49. The van der Waals surface area contributed by atoms with E-state index in [4.69, 9.17) is 14.2 Å². The van der Waals surface area contributed by atoms with Crippen molar-refractivity contribution >= 4 is 29.8 Å². The molecule has 6 aliphatic carbocycles. The second kappa shape index (κ2) is 14.2. The van der Waals surface area contributed by atoms with Crippen molar-refractivity contribution < 1.29 is 43.3 Å². The number of aldehydes is 1. The fourth-order valence-corrected chi connectivity index (χ4v) is 11.2. The van der Waals surface area contributed by atoms with Crippen molar-refractivity contribution in [3.8, 4) is 0 Å². The lowest BCUT2D eigenvalue weighted by molar-refractivity contribution is -0.155. The molecule has 52 heavy (non-hydrogen) atoms. The van der Waals surface area contributed by atoms with E-state index in [1.807, 2.05) is 13.0 Å². The normalized spacial score (nSPS) is 36.2. The molecule has 3 fully saturated rings. The van der Waals surface area contributed by atoms with Crippen LogP contribution in [0.15, 0.2) is 45.6 Å². The minimum atomic E-state index is -0.802. The van der Waals surface area contributed by atoms with Gasteiger partial charge in [0.25, 0.3) is 0 Å². The van der Waals surface area contributed by atoms with E-state index >= 15 is 0 Å². The Morgan fingerprint density at radius 2 is 1.29 bits per heavy atom. The average molecular weight is 719 g/mol. The van der Waals surface area contributed by atoms with Gasteiger partial charge in [0.1, 0.15) is 17.9 Å². The largest absolute Gasteiger partial charge is 0.481 e. The quantitative estimate of drug-likeness (QED) is 0.167. The highest BCUT2D eigenvalue weighted by Gasteiger charge is 2.61. The first-order valence-corrected chi connectivity index (χ1v) is 19.5. The minimum Gasteiger partial charge on any atom is -0.481 e. The number of carboxylic acid groups (broad SMARTS) is 1. The van der Waals surface area contributed by atoms with E-state index in [-0.39, 0.29) is 48.0 Å². The van der Waals surface area contributed by atoms with Crippen LogP contribution < -0.4 is 0 Å². The summed E-state index contributed by atoms with van der Waals surface area (Å²) < 4.78 is 16.6.